The quantitative estimate of drug-likeness (QED) is 0.335. The lowest BCUT2D eigenvalue weighted by Crippen LogP contribution is -2.47. The molecule has 0 bridgehead atoms. The van der Waals surface area contributed by atoms with Crippen molar-refractivity contribution in [1.29, 1.82) is 0 Å². The number of hydrogen-bond donors (Lipinski definition) is 1. The zero-order chi connectivity index (χ0) is 29.1. The van der Waals surface area contributed by atoms with E-state index >= 15 is 0 Å². The van der Waals surface area contributed by atoms with Crippen molar-refractivity contribution in [2.45, 2.75) is 51.1 Å². The molecule has 0 spiro atoms. The molecule has 4 atom stereocenters. The van der Waals surface area contributed by atoms with Crippen LogP contribution >= 0.6 is 0 Å². The molecular weight excluding hydrogens is 528 g/mol. The maximum absolute atomic E-state index is 14.2. The minimum absolute atomic E-state index is 0.0739. The van der Waals surface area contributed by atoms with Crippen LogP contribution in [-0.4, -0.2) is 57.4 Å². The van der Waals surface area contributed by atoms with Gasteiger partial charge in [0.05, 0.1) is 11.8 Å². The number of phenols is 1. The second-order valence-corrected chi connectivity index (χ2v) is 12.4. The van der Waals surface area contributed by atoms with Crippen molar-refractivity contribution in [2.24, 2.45) is 17.8 Å². The normalized spacial score (nSPS) is 28.4. The highest BCUT2D eigenvalue weighted by Crippen LogP contribution is 2.55. The van der Waals surface area contributed by atoms with E-state index in [2.05, 4.69) is 17.0 Å². The Hall–Kier alpha value is -4.10. The number of rotatable bonds is 4. The van der Waals surface area contributed by atoms with Gasteiger partial charge in [0.15, 0.2) is 11.6 Å². The van der Waals surface area contributed by atoms with Crippen molar-refractivity contribution >= 4 is 23.4 Å². The van der Waals surface area contributed by atoms with Crippen molar-refractivity contribution in [3.63, 3.8) is 0 Å². The fourth-order valence-corrected chi connectivity index (χ4v) is 8.01. The fraction of sp³-hybridized carbons (Fsp3) is 0.371. The summed E-state index contributed by atoms with van der Waals surface area (Å²) in [6.07, 6.45) is 5.62. The molecule has 2 saturated heterocycles. The zero-order valence-corrected chi connectivity index (χ0v) is 23.7. The van der Waals surface area contributed by atoms with E-state index in [1.807, 2.05) is 30.3 Å². The van der Waals surface area contributed by atoms with Crippen LogP contribution in [0.25, 0.3) is 0 Å². The van der Waals surface area contributed by atoms with Crippen molar-refractivity contribution in [3.8, 4) is 5.75 Å². The van der Waals surface area contributed by atoms with Gasteiger partial charge in [-0.2, -0.15) is 0 Å². The van der Waals surface area contributed by atoms with Crippen LogP contribution in [0.3, 0.4) is 0 Å². The fourth-order valence-electron chi connectivity index (χ4n) is 8.01. The molecule has 0 unspecified atom stereocenters. The number of carbonyl (C=O) groups excluding carboxylic acids is 4. The number of hydrogen-bond acceptors (Lipinski definition) is 6. The number of carbonyl (C=O) groups is 4. The number of imide groups is 1. The SMILES string of the molecule is CC1=CC(=O)C2=C(C1=O)[C@@H](c1cccc(O)c1)C1=CC[C@@H]3C(=O)N(C4CCN(Cc5ccccc5)CC4)C(=O)[C@@H]3[C@@H]1C2. The number of fused-ring (bicyclic) bond motifs is 3. The van der Waals surface area contributed by atoms with Gasteiger partial charge in [-0.05, 0) is 67.9 Å². The Kier molecular flexibility index (Phi) is 6.58. The van der Waals surface area contributed by atoms with Gasteiger partial charge >= 0.3 is 0 Å². The van der Waals surface area contributed by atoms with Crippen molar-refractivity contribution in [3.05, 3.63) is 100 Å². The van der Waals surface area contributed by atoms with Crippen LogP contribution < -0.4 is 0 Å². The molecular formula is C35H34N2O5. The summed E-state index contributed by atoms with van der Waals surface area (Å²) < 4.78 is 0. The first-order chi connectivity index (χ1) is 20.3. The molecule has 0 aromatic heterocycles. The highest BCUT2D eigenvalue weighted by molar-refractivity contribution is 6.23. The molecule has 5 aliphatic rings. The third kappa shape index (κ3) is 4.29. The highest BCUT2D eigenvalue weighted by Gasteiger charge is 2.57. The van der Waals surface area contributed by atoms with Gasteiger partial charge in [-0.1, -0.05) is 54.1 Å². The van der Waals surface area contributed by atoms with Crippen molar-refractivity contribution in [1.82, 2.24) is 9.80 Å². The summed E-state index contributed by atoms with van der Waals surface area (Å²) in [6, 6.07) is 17.0. The van der Waals surface area contributed by atoms with Crippen LogP contribution in [0, 0.1) is 17.8 Å². The second kappa shape index (κ2) is 10.3. The van der Waals surface area contributed by atoms with E-state index in [-0.39, 0.29) is 47.5 Å². The summed E-state index contributed by atoms with van der Waals surface area (Å²) in [5.74, 6) is -2.42. The third-order valence-corrected chi connectivity index (χ3v) is 9.97. The van der Waals surface area contributed by atoms with E-state index < -0.39 is 17.8 Å². The second-order valence-electron chi connectivity index (χ2n) is 12.4. The number of amides is 2. The molecule has 2 aliphatic heterocycles. The first-order valence-electron chi connectivity index (χ1n) is 14.9. The summed E-state index contributed by atoms with van der Waals surface area (Å²) in [5.41, 5.74) is 4.17. The number of phenolic OH excluding ortho intramolecular Hbond substituents is 1. The van der Waals surface area contributed by atoms with Gasteiger partial charge in [-0.15, -0.1) is 0 Å². The monoisotopic (exact) mass is 562 g/mol. The van der Waals surface area contributed by atoms with E-state index in [9.17, 15) is 24.3 Å². The van der Waals surface area contributed by atoms with Crippen molar-refractivity contribution < 1.29 is 24.3 Å². The molecule has 214 valence electrons. The largest absolute Gasteiger partial charge is 0.508 e. The third-order valence-electron chi connectivity index (χ3n) is 9.97. The molecule has 2 heterocycles. The summed E-state index contributed by atoms with van der Waals surface area (Å²) in [5, 5.41) is 10.3. The maximum Gasteiger partial charge on any atom is 0.233 e. The summed E-state index contributed by atoms with van der Waals surface area (Å²) >= 11 is 0. The van der Waals surface area contributed by atoms with E-state index in [4.69, 9.17) is 0 Å². The summed E-state index contributed by atoms with van der Waals surface area (Å²) in [6.45, 7) is 4.14. The van der Waals surface area contributed by atoms with Gasteiger partial charge in [0, 0.05) is 48.3 Å². The average molecular weight is 563 g/mol. The maximum atomic E-state index is 14.2. The molecule has 3 aliphatic carbocycles. The molecule has 2 aromatic carbocycles. The van der Waals surface area contributed by atoms with E-state index in [0.29, 0.717) is 28.7 Å². The van der Waals surface area contributed by atoms with Gasteiger partial charge < -0.3 is 5.11 Å². The lowest BCUT2D eigenvalue weighted by atomic mass is 9.59. The zero-order valence-electron chi connectivity index (χ0n) is 23.7. The number of Topliss-reactive ketones (excluding diaryl/α,β-unsaturated/α-hetero) is 1. The Balaban J connectivity index is 1.18. The molecule has 7 rings (SSSR count). The highest BCUT2D eigenvalue weighted by atomic mass is 16.3. The Morgan fingerprint density at radius 3 is 2.40 bits per heavy atom. The van der Waals surface area contributed by atoms with Crippen LogP contribution in [0.15, 0.2) is 89.0 Å². The Morgan fingerprint density at radius 2 is 1.67 bits per heavy atom. The van der Waals surface area contributed by atoms with Gasteiger partial charge in [0.1, 0.15) is 5.75 Å². The molecule has 2 aromatic rings. The molecule has 42 heavy (non-hydrogen) atoms. The molecule has 0 saturated carbocycles. The van der Waals surface area contributed by atoms with Crippen molar-refractivity contribution in [2.75, 3.05) is 13.1 Å². The van der Waals surface area contributed by atoms with Gasteiger partial charge in [0.2, 0.25) is 11.8 Å². The lowest BCUT2D eigenvalue weighted by Gasteiger charge is -2.42. The predicted molar refractivity (Wildman–Crippen MR) is 156 cm³/mol. The number of allylic oxidation sites excluding steroid dienone is 6. The Bertz CT molecular complexity index is 1590. The molecule has 2 amide bonds. The standard InChI is InChI=1S/C35H34N2O5/c1-20-16-29(39)28-18-27-25(30(32(28)33(20)40)22-8-5-9-24(38)17-22)10-11-26-31(27)35(42)37(34(26)41)23-12-14-36(15-13-23)19-21-6-3-2-4-7-21/h2-10,16-17,23,26-27,30-31,38H,11-15,18-19H2,1H3/t26-,27+,30-,31-/m0/s1. The Morgan fingerprint density at radius 1 is 0.905 bits per heavy atom. The van der Waals surface area contributed by atoms with Gasteiger partial charge in [-0.3, -0.25) is 29.0 Å². The number of aromatic hydroxyl groups is 1. The van der Waals surface area contributed by atoms with E-state index in [1.54, 1.807) is 30.0 Å². The minimum Gasteiger partial charge on any atom is -0.508 e. The molecule has 7 nitrogen and oxygen atoms in total. The average Bonchev–Trinajstić information content (AvgIpc) is 3.25. The van der Waals surface area contributed by atoms with Crippen LogP contribution in [-0.2, 0) is 25.7 Å². The Labute approximate surface area is 245 Å². The van der Waals surface area contributed by atoms with Crippen LogP contribution in [0.4, 0.5) is 0 Å². The molecule has 1 N–H and O–H groups in total. The molecule has 0 radical (unpaired) electrons. The number of benzene rings is 2. The molecule has 7 heteroatoms. The minimum atomic E-state index is -0.552. The van der Waals surface area contributed by atoms with E-state index in [1.165, 1.54) is 11.6 Å². The first-order valence-corrected chi connectivity index (χ1v) is 14.9. The first kappa shape index (κ1) is 26.8. The number of likely N-dealkylation sites (tertiary alicyclic amines) is 2. The molecule has 2 fully saturated rings. The van der Waals surface area contributed by atoms with E-state index in [0.717, 1.165) is 38.0 Å². The number of piperidine rings is 1. The lowest BCUT2D eigenvalue weighted by molar-refractivity contribution is -0.144. The predicted octanol–water partition coefficient (Wildman–Crippen LogP) is 4.49. The number of ketones is 2. The van der Waals surface area contributed by atoms with Gasteiger partial charge in [-0.25, -0.2) is 0 Å². The summed E-state index contributed by atoms with van der Waals surface area (Å²) in [7, 11) is 0. The van der Waals surface area contributed by atoms with Crippen LogP contribution in [0.1, 0.15) is 49.7 Å². The topological polar surface area (TPSA) is 95.0 Å². The van der Waals surface area contributed by atoms with Crippen LogP contribution in [0.5, 0.6) is 5.75 Å². The summed E-state index contributed by atoms with van der Waals surface area (Å²) in [4.78, 5) is 58.7. The van der Waals surface area contributed by atoms with Crippen LogP contribution in [0.2, 0.25) is 0 Å². The number of nitrogens with zero attached hydrogens (tertiary/aromatic N) is 2. The van der Waals surface area contributed by atoms with Gasteiger partial charge in [0.25, 0.3) is 0 Å². The smallest absolute Gasteiger partial charge is 0.233 e.